The van der Waals surface area contributed by atoms with Gasteiger partial charge in [0.25, 0.3) is 0 Å². The average molecular weight is 242 g/mol. The standard InChI is InChI=1S/C14H10S2/c15-13-7-3-11(4-8-13)1-2-12-5-9-14(16)10-6-12/h3-10,15-16H. The monoisotopic (exact) mass is 242 g/mol. The van der Waals surface area contributed by atoms with Crippen LogP contribution >= 0.6 is 25.3 Å². The summed E-state index contributed by atoms with van der Waals surface area (Å²) >= 11 is 8.45. The summed E-state index contributed by atoms with van der Waals surface area (Å²) < 4.78 is 0. The molecule has 0 saturated carbocycles. The summed E-state index contributed by atoms with van der Waals surface area (Å²) in [6, 6.07) is 15.6. The molecule has 0 radical (unpaired) electrons. The van der Waals surface area contributed by atoms with Crippen molar-refractivity contribution in [3.63, 3.8) is 0 Å². The molecular formula is C14H10S2. The molecule has 0 aliphatic carbocycles. The van der Waals surface area contributed by atoms with E-state index >= 15 is 0 Å². The fraction of sp³-hybridized carbons (Fsp3) is 0. The molecule has 0 atom stereocenters. The van der Waals surface area contributed by atoms with E-state index in [1.807, 2.05) is 48.5 Å². The lowest BCUT2D eigenvalue weighted by Gasteiger charge is -1.92. The Morgan fingerprint density at radius 2 is 0.875 bits per heavy atom. The molecule has 2 aromatic rings. The second kappa shape index (κ2) is 5.16. The van der Waals surface area contributed by atoms with Gasteiger partial charge in [-0.15, -0.1) is 25.3 Å². The Labute approximate surface area is 107 Å². The van der Waals surface area contributed by atoms with Gasteiger partial charge in [-0.3, -0.25) is 0 Å². The molecule has 2 aromatic carbocycles. The first-order chi connectivity index (χ1) is 7.74. The van der Waals surface area contributed by atoms with Crippen molar-refractivity contribution in [3.8, 4) is 11.8 Å². The molecule has 0 amide bonds. The van der Waals surface area contributed by atoms with Crippen LogP contribution in [0.1, 0.15) is 11.1 Å². The van der Waals surface area contributed by atoms with E-state index in [-0.39, 0.29) is 0 Å². The summed E-state index contributed by atoms with van der Waals surface area (Å²) in [7, 11) is 0. The largest absolute Gasteiger partial charge is 0.143 e. The van der Waals surface area contributed by atoms with Crippen molar-refractivity contribution in [2.24, 2.45) is 0 Å². The summed E-state index contributed by atoms with van der Waals surface area (Å²) in [5, 5.41) is 0. The zero-order chi connectivity index (χ0) is 11.4. The van der Waals surface area contributed by atoms with Gasteiger partial charge in [-0.05, 0) is 48.5 Å². The molecule has 2 rings (SSSR count). The highest BCUT2D eigenvalue weighted by Gasteiger charge is 1.88. The van der Waals surface area contributed by atoms with Crippen LogP contribution in [-0.4, -0.2) is 0 Å². The van der Waals surface area contributed by atoms with Gasteiger partial charge in [-0.2, -0.15) is 0 Å². The molecule has 0 spiro atoms. The van der Waals surface area contributed by atoms with Crippen LogP contribution in [-0.2, 0) is 0 Å². The average Bonchev–Trinajstić information content (AvgIpc) is 2.30. The van der Waals surface area contributed by atoms with Gasteiger partial charge >= 0.3 is 0 Å². The summed E-state index contributed by atoms with van der Waals surface area (Å²) in [5.74, 6) is 6.20. The lowest BCUT2D eigenvalue weighted by Crippen LogP contribution is -1.76. The van der Waals surface area contributed by atoms with Crippen molar-refractivity contribution < 1.29 is 0 Å². The minimum atomic E-state index is 0.949. The van der Waals surface area contributed by atoms with E-state index in [0.717, 1.165) is 20.9 Å². The zero-order valence-corrected chi connectivity index (χ0v) is 10.3. The van der Waals surface area contributed by atoms with Crippen molar-refractivity contribution in [2.45, 2.75) is 9.79 Å². The van der Waals surface area contributed by atoms with E-state index in [1.54, 1.807) is 0 Å². The van der Waals surface area contributed by atoms with E-state index in [0.29, 0.717) is 0 Å². The first-order valence-electron chi connectivity index (χ1n) is 4.84. The third-order valence-corrected chi connectivity index (χ3v) is 2.68. The molecule has 0 N–H and O–H groups in total. The van der Waals surface area contributed by atoms with Gasteiger partial charge < -0.3 is 0 Å². The number of rotatable bonds is 0. The maximum Gasteiger partial charge on any atom is 0.0249 e. The van der Waals surface area contributed by atoms with Crippen LogP contribution < -0.4 is 0 Å². The van der Waals surface area contributed by atoms with Crippen LogP contribution in [0.5, 0.6) is 0 Å². The fourth-order valence-corrected chi connectivity index (χ4v) is 1.53. The molecule has 0 bridgehead atoms. The van der Waals surface area contributed by atoms with Crippen molar-refractivity contribution in [2.75, 3.05) is 0 Å². The number of hydrogen-bond donors (Lipinski definition) is 2. The molecule has 0 fully saturated rings. The summed E-state index contributed by atoms with van der Waals surface area (Å²) in [5.41, 5.74) is 1.99. The second-order valence-electron chi connectivity index (χ2n) is 3.34. The number of hydrogen-bond acceptors (Lipinski definition) is 2. The minimum Gasteiger partial charge on any atom is -0.143 e. The maximum absolute atomic E-state index is 4.22. The van der Waals surface area contributed by atoms with Crippen LogP contribution in [0.2, 0.25) is 0 Å². The minimum absolute atomic E-state index is 0.949. The molecule has 78 valence electrons. The fourth-order valence-electron chi connectivity index (χ4n) is 1.23. The van der Waals surface area contributed by atoms with Crippen LogP contribution in [0, 0.1) is 11.8 Å². The number of thiol groups is 2. The Balaban J connectivity index is 2.21. The predicted octanol–water partition coefficient (Wildman–Crippen LogP) is 3.66. The van der Waals surface area contributed by atoms with E-state index in [2.05, 4.69) is 37.1 Å². The molecule has 2 heteroatoms. The molecule has 0 nitrogen and oxygen atoms in total. The van der Waals surface area contributed by atoms with Gasteiger partial charge in [0.2, 0.25) is 0 Å². The van der Waals surface area contributed by atoms with Crippen LogP contribution in [0.4, 0.5) is 0 Å². The third kappa shape index (κ3) is 3.10. The van der Waals surface area contributed by atoms with E-state index in [1.165, 1.54) is 0 Å². The zero-order valence-electron chi connectivity index (χ0n) is 8.51. The maximum atomic E-state index is 4.22. The summed E-state index contributed by atoms with van der Waals surface area (Å²) in [6.45, 7) is 0. The summed E-state index contributed by atoms with van der Waals surface area (Å²) in [4.78, 5) is 1.90. The molecule has 16 heavy (non-hydrogen) atoms. The molecule has 0 aliphatic heterocycles. The highest BCUT2D eigenvalue weighted by molar-refractivity contribution is 7.80. The lowest BCUT2D eigenvalue weighted by molar-refractivity contribution is 1.45. The van der Waals surface area contributed by atoms with Crippen molar-refractivity contribution in [1.29, 1.82) is 0 Å². The Morgan fingerprint density at radius 1 is 0.562 bits per heavy atom. The van der Waals surface area contributed by atoms with Crippen LogP contribution in [0.15, 0.2) is 58.3 Å². The van der Waals surface area contributed by atoms with Crippen LogP contribution in [0.3, 0.4) is 0 Å². The van der Waals surface area contributed by atoms with E-state index in [4.69, 9.17) is 0 Å². The van der Waals surface area contributed by atoms with Gasteiger partial charge in [0.15, 0.2) is 0 Å². The van der Waals surface area contributed by atoms with Crippen molar-refractivity contribution in [3.05, 3.63) is 59.7 Å². The third-order valence-electron chi connectivity index (χ3n) is 2.09. The molecule has 0 unspecified atom stereocenters. The predicted molar refractivity (Wildman–Crippen MR) is 73.4 cm³/mol. The molecule has 0 saturated heterocycles. The second-order valence-corrected chi connectivity index (χ2v) is 4.38. The lowest BCUT2D eigenvalue weighted by atomic mass is 10.2. The highest BCUT2D eigenvalue weighted by atomic mass is 32.1. The van der Waals surface area contributed by atoms with Crippen molar-refractivity contribution in [1.82, 2.24) is 0 Å². The molecule has 0 aliphatic rings. The SMILES string of the molecule is Sc1ccc(C#Cc2ccc(S)cc2)cc1. The first kappa shape index (κ1) is 11.2. The smallest absolute Gasteiger partial charge is 0.0249 e. The Kier molecular flexibility index (Phi) is 3.61. The molecule has 0 heterocycles. The van der Waals surface area contributed by atoms with E-state index in [9.17, 15) is 0 Å². The molecule has 0 aromatic heterocycles. The quantitative estimate of drug-likeness (QED) is 0.511. The van der Waals surface area contributed by atoms with Gasteiger partial charge in [0.05, 0.1) is 0 Å². The first-order valence-corrected chi connectivity index (χ1v) is 5.73. The normalized spacial score (nSPS) is 9.38. The highest BCUT2D eigenvalue weighted by Crippen LogP contribution is 2.08. The Bertz CT molecular complexity index is 478. The Morgan fingerprint density at radius 3 is 1.19 bits per heavy atom. The van der Waals surface area contributed by atoms with Gasteiger partial charge in [-0.1, -0.05) is 11.8 Å². The van der Waals surface area contributed by atoms with E-state index < -0.39 is 0 Å². The van der Waals surface area contributed by atoms with Crippen LogP contribution in [0.25, 0.3) is 0 Å². The number of benzene rings is 2. The van der Waals surface area contributed by atoms with Gasteiger partial charge in [0, 0.05) is 20.9 Å². The van der Waals surface area contributed by atoms with Crippen molar-refractivity contribution >= 4 is 25.3 Å². The molecular weight excluding hydrogens is 232 g/mol. The van der Waals surface area contributed by atoms with Gasteiger partial charge in [0.1, 0.15) is 0 Å². The van der Waals surface area contributed by atoms with Gasteiger partial charge in [-0.25, -0.2) is 0 Å². The Hall–Kier alpha value is -1.30. The summed E-state index contributed by atoms with van der Waals surface area (Å²) in [6.07, 6.45) is 0. The topological polar surface area (TPSA) is 0 Å².